The molecule has 3 rings (SSSR count). The third kappa shape index (κ3) is 10.5. The topological polar surface area (TPSA) is 75.9 Å². The van der Waals surface area contributed by atoms with Crippen molar-refractivity contribution in [2.24, 2.45) is 0 Å². The van der Waals surface area contributed by atoms with E-state index >= 15 is 0 Å². The van der Waals surface area contributed by atoms with Crippen LogP contribution in [0.4, 0.5) is 10.7 Å². The van der Waals surface area contributed by atoms with E-state index in [1.54, 1.807) is 36.0 Å². The van der Waals surface area contributed by atoms with Gasteiger partial charge in [-0.2, -0.15) is 0 Å². The number of hydrogen-bond acceptors (Lipinski definition) is 6. The van der Waals surface area contributed by atoms with Crippen molar-refractivity contribution in [3.8, 4) is 0 Å². The van der Waals surface area contributed by atoms with Crippen molar-refractivity contribution < 1.29 is 0 Å². The van der Waals surface area contributed by atoms with Crippen LogP contribution in [0.2, 0.25) is 0 Å². The third-order valence-electron chi connectivity index (χ3n) is 4.74. The maximum Gasteiger partial charge on any atom is 0.112 e. The van der Waals surface area contributed by atoms with Gasteiger partial charge in [-0.25, -0.2) is 0 Å². The van der Waals surface area contributed by atoms with Crippen molar-refractivity contribution >= 4 is 28.1 Å². The minimum atomic E-state index is 0.790. The Morgan fingerprint density at radius 2 is 1.74 bits per heavy atom. The number of nitrogens with two attached hydrogens (primary N) is 1. The number of unbranched alkanes of at least 4 members (excludes halogenated alkanes) is 1. The van der Waals surface area contributed by atoms with Gasteiger partial charge in [-0.3, -0.25) is 9.97 Å². The Bertz CT molecular complexity index is 965. The van der Waals surface area contributed by atoms with Crippen molar-refractivity contribution in [3.05, 3.63) is 102 Å². The molecule has 0 aromatic carbocycles. The summed E-state index contributed by atoms with van der Waals surface area (Å²) in [6, 6.07) is 8.02. The fourth-order valence-electron chi connectivity index (χ4n) is 3.13. The van der Waals surface area contributed by atoms with Gasteiger partial charge in [0.15, 0.2) is 0 Å². The number of nitrogens with zero attached hydrogens (tertiary/aromatic N) is 2. The summed E-state index contributed by atoms with van der Waals surface area (Å²) in [5.41, 5.74) is 10.8. The highest BCUT2D eigenvalue weighted by atomic mass is 32.1. The Morgan fingerprint density at radius 1 is 1.03 bits per heavy atom. The molecule has 0 unspecified atom stereocenters. The van der Waals surface area contributed by atoms with E-state index < -0.39 is 0 Å². The van der Waals surface area contributed by atoms with Crippen LogP contribution in [0, 0.1) is 0 Å². The van der Waals surface area contributed by atoms with Gasteiger partial charge in [-0.1, -0.05) is 57.4 Å². The predicted octanol–water partition coefficient (Wildman–Crippen LogP) is 6.87. The van der Waals surface area contributed by atoms with Crippen LogP contribution in [0.25, 0.3) is 6.08 Å². The highest BCUT2D eigenvalue weighted by molar-refractivity contribution is 7.17. The summed E-state index contributed by atoms with van der Waals surface area (Å²) in [4.78, 5) is 9.40. The van der Waals surface area contributed by atoms with Gasteiger partial charge in [0.25, 0.3) is 0 Å². The van der Waals surface area contributed by atoms with E-state index in [1.807, 2.05) is 63.6 Å². The molecule has 0 fully saturated rings. The number of aromatic nitrogens is 2. The number of rotatable bonds is 11. The van der Waals surface area contributed by atoms with Crippen LogP contribution < -0.4 is 16.4 Å². The number of nitrogens with one attached hydrogen (secondary N) is 2. The zero-order valence-electron chi connectivity index (χ0n) is 20.8. The lowest BCUT2D eigenvalue weighted by molar-refractivity contribution is 0.728. The summed E-state index contributed by atoms with van der Waals surface area (Å²) < 4.78 is 0. The van der Waals surface area contributed by atoms with Crippen LogP contribution in [0.5, 0.6) is 0 Å². The maximum atomic E-state index is 6.26. The molecule has 0 atom stereocenters. The molecule has 3 heterocycles. The molecule has 0 amide bonds. The molecule has 0 aliphatic heterocycles. The molecule has 3 aromatic rings. The first kappa shape index (κ1) is 28.7. The van der Waals surface area contributed by atoms with Crippen LogP contribution in [-0.4, -0.2) is 17.0 Å². The zero-order valence-corrected chi connectivity index (χ0v) is 21.6. The number of aryl methyl sites for hydroxylation is 1. The lowest BCUT2D eigenvalue weighted by Gasteiger charge is -2.06. The van der Waals surface area contributed by atoms with Crippen LogP contribution in [-0.2, 0) is 19.4 Å². The number of nitrogen functional groups attached to an aromatic ring is 1. The van der Waals surface area contributed by atoms with E-state index in [2.05, 4.69) is 39.8 Å². The van der Waals surface area contributed by atoms with E-state index in [4.69, 9.17) is 5.73 Å². The van der Waals surface area contributed by atoms with Crippen molar-refractivity contribution in [2.75, 3.05) is 18.1 Å². The molecular weight excluding hydrogens is 438 g/mol. The Labute approximate surface area is 209 Å². The smallest absolute Gasteiger partial charge is 0.112 e. The number of pyridine rings is 2. The van der Waals surface area contributed by atoms with Crippen molar-refractivity contribution in [3.63, 3.8) is 0 Å². The summed E-state index contributed by atoms with van der Waals surface area (Å²) in [7, 11) is 1.92. The number of anilines is 2. The summed E-state index contributed by atoms with van der Waals surface area (Å²) in [6.07, 6.45) is 19.0. The Balaban J connectivity index is 0.000000402. The lowest BCUT2D eigenvalue weighted by Crippen LogP contribution is -2.05. The first-order valence-corrected chi connectivity index (χ1v) is 12.5. The summed E-state index contributed by atoms with van der Waals surface area (Å²) >= 11 is 1.72. The number of hydrogen-bond donors (Lipinski definition) is 3. The van der Waals surface area contributed by atoms with Gasteiger partial charge in [0, 0.05) is 43.3 Å². The molecule has 34 heavy (non-hydrogen) atoms. The van der Waals surface area contributed by atoms with Crippen LogP contribution in [0.15, 0.2) is 80.6 Å². The number of allylic oxidation sites excluding steroid dienone is 2. The van der Waals surface area contributed by atoms with Crippen molar-refractivity contribution in [1.82, 2.24) is 15.3 Å². The van der Waals surface area contributed by atoms with E-state index in [1.165, 1.54) is 16.0 Å². The second-order valence-corrected chi connectivity index (χ2v) is 8.14. The zero-order chi connectivity index (χ0) is 25.0. The first-order chi connectivity index (χ1) is 16.7. The third-order valence-corrected chi connectivity index (χ3v) is 6.01. The largest absolute Gasteiger partial charge is 0.396 e. The maximum absolute atomic E-state index is 6.26. The molecule has 182 valence electrons. The first-order valence-electron chi connectivity index (χ1n) is 11.7. The van der Waals surface area contributed by atoms with Gasteiger partial charge in [-0.05, 0) is 60.7 Å². The van der Waals surface area contributed by atoms with Gasteiger partial charge in [-0.15, -0.1) is 11.3 Å². The van der Waals surface area contributed by atoms with Crippen molar-refractivity contribution in [2.45, 2.75) is 46.1 Å². The van der Waals surface area contributed by atoms with Gasteiger partial charge in [0.05, 0.1) is 5.69 Å². The van der Waals surface area contributed by atoms with Gasteiger partial charge in [0.1, 0.15) is 5.00 Å². The average Bonchev–Trinajstić information content (AvgIpc) is 3.21. The molecule has 4 N–H and O–H groups in total. The monoisotopic (exact) mass is 477 g/mol. The lowest BCUT2D eigenvalue weighted by atomic mass is 10.0. The molecule has 3 aromatic heterocycles. The molecule has 0 aliphatic carbocycles. The molecule has 0 bridgehead atoms. The molecular formula is C28H39N5S. The van der Waals surface area contributed by atoms with Crippen LogP contribution in [0.3, 0.4) is 0 Å². The van der Waals surface area contributed by atoms with Crippen molar-refractivity contribution in [1.29, 1.82) is 0 Å². The molecule has 0 spiro atoms. The summed E-state index contributed by atoms with van der Waals surface area (Å²) in [6.45, 7) is 12.1. The summed E-state index contributed by atoms with van der Waals surface area (Å²) in [5, 5.41) is 7.41. The van der Waals surface area contributed by atoms with E-state index in [0.29, 0.717) is 0 Å². The fourth-order valence-corrected chi connectivity index (χ4v) is 4.20. The van der Waals surface area contributed by atoms with E-state index in [-0.39, 0.29) is 0 Å². The Morgan fingerprint density at radius 3 is 2.32 bits per heavy atom. The normalized spacial score (nSPS) is 9.85. The fraction of sp³-hybridized carbons (Fsp3) is 0.286. The second-order valence-electron chi connectivity index (χ2n) is 7.03. The Hall–Kier alpha value is -3.38. The molecule has 5 nitrogen and oxygen atoms in total. The molecule has 6 heteroatoms. The van der Waals surface area contributed by atoms with Gasteiger partial charge >= 0.3 is 0 Å². The average molecular weight is 478 g/mol. The standard InChI is InChI=1S/C17H24N4S.C9H9N.C2H6/c1-3-20-12-15-14(16(18)17(19-2)22-15)9-5-4-7-13-8-6-10-21-11-13;1-2-3-5-9-6-4-7-10-8-9;1-2/h3,6,8,10-11,19-20H,1,4-5,7,9,12,18H2,2H3;2-8H,1H2;1-2H3/b;5-3+;. The number of thiophene rings is 1. The van der Waals surface area contributed by atoms with Gasteiger partial charge < -0.3 is 16.4 Å². The van der Waals surface area contributed by atoms with Gasteiger partial charge in [0.2, 0.25) is 0 Å². The highest BCUT2D eigenvalue weighted by Crippen LogP contribution is 2.36. The van der Waals surface area contributed by atoms with E-state index in [9.17, 15) is 0 Å². The van der Waals surface area contributed by atoms with E-state index in [0.717, 1.165) is 48.5 Å². The predicted molar refractivity (Wildman–Crippen MR) is 151 cm³/mol. The van der Waals surface area contributed by atoms with Crippen LogP contribution >= 0.6 is 11.3 Å². The minimum absolute atomic E-state index is 0.790. The second kappa shape index (κ2) is 18.1. The molecule has 0 saturated carbocycles. The SMILES string of the molecule is C=C/C=C/c1cccnc1.C=CNCc1sc(NC)c(N)c1CCCCc1cccnc1.CC. The minimum Gasteiger partial charge on any atom is -0.396 e. The summed E-state index contributed by atoms with van der Waals surface area (Å²) in [5.74, 6) is 0. The Kier molecular flexibility index (Phi) is 15.2. The molecule has 0 saturated heterocycles. The quantitative estimate of drug-likeness (QED) is 0.207. The highest BCUT2D eigenvalue weighted by Gasteiger charge is 2.14. The molecule has 0 aliphatic rings. The molecule has 0 radical (unpaired) electrons. The van der Waals surface area contributed by atoms with Crippen LogP contribution in [0.1, 0.15) is 48.3 Å².